The fourth-order valence-electron chi connectivity index (χ4n) is 0. The van der Waals surface area contributed by atoms with Gasteiger partial charge in [-0.3, -0.25) is 0 Å². The van der Waals surface area contributed by atoms with Crippen molar-refractivity contribution in [3.63, 3.8) is 0 Å². The molecule has 0 aliphatic carbocycles. The summed E-state index contributed by atoms with van der Waals surface area (Å²) in [5, 5.41) is 6.25. The Balaban J connectivity index is -0.00000000167. The first-order valence-electron chi connectivity index (χ1n) is 0.224. The van der Waals surface area contributed by atoms with Crippen molar-refractivity contribution >= 4 is 0 Å². The molecular weight excluding hydrogens is 115 g/mol. The van der Waals surface area contributed by atoms with Gasteiger partial charge in [-0.25, -0.2) is 0 Å². The van der Waals surface area contributed by atoms with E-state index >= 15 is 0 Å². The van der Waals surface area contributed by atoms with E-state index in [-0.39, 0.29) is 69.9 Å². The third-order valence-corrected chi connectivity index (χ3v) is 0. The molecule has 0 amide bonds. The van der Waals surface area contributed by atoms with E-state index in [1.165, 1.54) is 0 Å². The normalized spacial score (nSPS) is 0.400. The van der Waals surface area contributed by atoms with Gasteiger partial charge >= 0.3 is 51.4 Å². The molecule has 0 radical (unpaired) electrons. The second-order valence-corrected chi connectivity index (χ2v) is 0. The number of quaternary nitrogens is 1. The van der Waals surface area contributed by atoms with Gasteiger partial charge < -0.3 is 30.4 Å². The predicted molar refractivity (Wildman–Crippen MR) is 11.0 cm³/mol. The number of halogens is 1. The smallest absolute Gasteiger partial charge is 1.00 e. The largest absolute Gasteiger partial charge is 1.00 e. The van der Waals surface area contributed by atoms with Crippen molar-refractivity contribution in [3.8, 4) is 0 Å². The maximum atomic E-state index is 6.25. The van der Waals surface area contributed by atoms with E-state index in [0.29, 0.717) is 0 Å². The summed E-state index contributed by atoms with van der Waals surface area (Å²) in [6, 6.07) is 0. The Bertz CT molecular complexity index is 14.4. The van der Waals surface area contributed by atoms with Crippen LogP contribution in [0.1, 0.15) is 0 Å². The quantitative estimate of drug-likeness (QED) is 0.250. The molecule has 0 saturated heterocycles. The van der Waals surface area contributed by atoms with Gasteiger partial charge in [-0.05, 0) is 0 Å². The maximum Gasteiger partial charge on any atom is 1.00 e. The summed E-state index contributed by atoms with van der Waals surface area (Å²) in [6.07, 6.45) is 0. The van der Waals surface area contributed by atoms with Crippen LogP contribution < -0.4 is 69.9 Å². The summed E-state index contributed by atoms with van der Waals surface area (Å²) in [4.78, 5) is 0. The van der Waals surface area contributed by atoms with Gasteiger partial charge in [0.25, 0.3) is 0 Å². The number of nitrogens with zero attached hydrogens (tertiary/aromatic N) is 1. The fourth-order valence-corrected chi connectivity index (χ4v) is 0. The van der Waals surface area contributed by atoms with Crippen LogP contribution in [-0.2, 0) is 0 Å². The fraction of sp³-hybridized carbons (Fsp3) is 0. The molecule has 0 atom stereocenters. The van der Waals surface area contributed by atoms with Gasteiger partial charge in [0.05, 0.1) is 0 Å². The van der Waals surface area contributed by atoms with Crippen LogP contribution in [0.15, 0.2) is 0 Å². The van der Waals surface area contributed by atoms with Gasteiger partial charge in [0.1, 0.15) is 0 Å². The molecule has 4 heteroatoms. The second kappa shape index (κ2) is 54.4. The van der Waals surface area contributed by atoms with E-state index in [9.17, 15) is 0 Å². The molecule has 0 heterocycles. The number of hydrogen-bond acceptors (Lipinski definition) is 1. The van der Waals surface area contributed by atoms with Crippen LogP contribution in [0.2, 0.25) is 0 Å². The Morgan fingerprint density at radius 2 is 1.20 bits per heavy atom. The molecule has 0 saturated carbocycles. The van der Waals surface area contributed by atoms with E-state index in [4.69, 9.17) is 11.8 Å². The van der Waals surface area contributed by atoms with Gasteiger partial charge in [-0.2, -0.15) is 0 Å². The second-order valence-electron chi connectivity index (χ2n) is 0. The van der Waals surface area contributed by atoms with Crippen LogP contribution >= 0.6 is 0 Å². The zero-order valence-electron chi connectivity index (χ0n) is 3.33. The Morgan fingerprint density at radius 1 is 1.20 bits per heavy atom. The predicted octanol–water partition coefficient (Wildman–Crippen LogP) is -5.52. The topological polar surface area (TPSA) is 60.3 Å². The summed E-state index contributed by atoms with van der Waals surface area (Å²) in [5.74, 6) is 0. The molecule has 0 unspecified atom stereocenters. The first kappa shape index (κ1) is 32.6. The maximum absolute atomic E-state index is 6.25. The molecule has 0 aromatic heterocycles. The first-order valence-corrected chi connectivity index (χ1v) is 0.224. The van der Waals surface area contributed by atoms with Gasteiger partial charge in [-0.1, -0.05) is 0 Å². The summed E-state index contributed by atoms with van der Waals surface area (Å²) < 4.78 is 0. The molecule has 26 valence electrons. The van der Waals surface area contributed by atoms with Gasteiger partial charge in [0.15, 0.2) is 0 Å². The van der Waals surface area contributed by atoms with Crippen LogP contribution in [0.3, 0.4) is 0 Å². The summed E-state index contributed by atoms with van der Waals surface area (Å²) in [5.41, 5.74) is 0. The Morgan fingerprint density at radius 3 is 1.20 bits per heavy atom. The van der Waals surface area contributed by atoms with Crippen molar-refractivity contribution in [3.05, 3.63) is 6.57 Å². The molecule has 0 fully saturated rings. The van der Waals surface area contributed by atoms with Gasteiger partial charge in [-0.15, -0.1) is 0 Å². The standard InChI is InChI=1S/CN.ClH.K.H3N/c1-2;;;/h;1H;;1H3/q-1;;+1;. The zero-order valence-corrected chi connectivity index (χ0v) is 7.20. The third-order valence-electron chi connectivity index (χ3n) is 0. The Hall–Kier alpha value is 1.38. The average Bonchev–Trinajstić information content (AvgIpc) is 1.00. The molecule has 0 aliphatic heterocycles. The summed E-state index contributed by atoms with van der Waals surface area (Å²) in [7, 11) is 0. The molecule has 4 N–H and O–H groups in total. The van der Waals surface area contributed by atoms with Crippen LogP contribution in [-0.4, -0.2) is 0 Å². The molecule has 0 aliphatic rings. The average molecular weight is 119 g/mol. The monoisotopic (exact) mass is 118 g/mol. The minimum atomic E-state index is 0. The van der Waals surface area contributed by atoms with Gasteiger partial charge in [0.2, 0.25) is 0 Å². The molecule has 2 nitrogen and oxygen atoms in total. The van der Waals surface area contributed by atoms with Crippen molar-refractivity contribution in [2.75, 3.05) is 0 Å². The number of rotatable bonds is 0. The van der Waals surface area contributed by atoms with E-state index in [2.05, 4.69) is 0 Å². The van der Waals surface area contributed by atoms with Crippen LogP contribution in [0.4, 0.5) is 0 Å². The van der Waals surface area contributed by atoms with E-state index in [1.807, 2.05) is 0 Å². The van der Waals surface area contributed by atoms with Crippen molar-refractivity contribution < 1.29 is 63.8 Å². The van der Waals surface area contributed by atoms with Crippen molar-refractivity contribution in [2.45, 2.75) is 0 Å². The molecule has 0 bridgehead atoms. The molecule has 0 rings (SSSR count). The number of hydrogen-bond donors (Lipinski definition) is 1. The van der Waals surface area contributed by atoms with Crippen molar-refractivity contribution in [2.24, 2.45) is 0 Å². The minimum Gasteiger partial charge on any atom is -1.00 e. The van der Waals surface area contributed by atoms with Crippen LogP contribution in [0.25, 0.3) is 0 Å². The first-order chi connectivity index (χ1) is 1.00. The Labute approximate surface area is 80.3 Å². The van der Waals surface area contributed by atoms with E-state index in [1.54, 1.807) is 0 Å². The van der Waals surface area contributed by atoms with Crippen molar-refractivity contribution in [1.29, 1.82) is 5.26 Å². The minimum absolute atomic E-state index is 0. The van der Waals surface area contributed by atoms with Crippen molar-refractivity contribution in [1.82, 2.24) is 6.15 Å². The SMILES string of the molecule is [C-]#N.[Cl-].[K+].[NH4+]. The summed E-state index contributed by atoms with van der Waals surface area (Å²) in [6.45, 7) is 4.75. The zero-order chi connectivity index (χ0) is 2.00. The Kier molecular flexibility index (Phi) is 355. The molecule has 0 spiro atoms. The van der Waals surface area contributed by atoms with Gasteiger partial charge in [0, 0.05) is 0 Å². The molecular formula is CH4ClKN2. The molecule has 5 heavy (non-hydrogen) atoms. The molecule has 0 aromatic rings. The summed E-state index contributed by atoms with van der Waals surface area (Å²) >= 11 is 0. The van der Waals surface area contributed by atoms with Crippen LogP contribution in [0.5, 0.6) is 0 Å². The van der Waals surface area contributed by atoms with E-state index < -0.39 is 0 Å². The van der Waals surface area contributed by atoms with E-state index in [0.717, 1.165) is 0 Å². The van der Waals surface area contributed by atoms with Crippen LogP contribution in [0, 0.1) is 11.8 Å². The third kappa shape index (κ3) is 32.4. The molecule has 0 aromatic carbocycles.